The fraction of sp³-hybridized carbons (Fsp3) is 0.333. The molecule has 3 rings (SSSR count). The van der Waals surface area contributed by atoms with Crippen LogP contribution < -0.4 is 10.1 Å². The molecule has 1 N–H and O–H groups in total. The molecule has 3 aromatic rings. The van der Waals surface area contributed by atoms with Crippen molar-refractivity contribution in [2.75, 3.05) is 6.61 Å². The number of aryl methyl sites for hydroxylation is 2. The molecule has 0 saturated carbocycles. The lowest BCUT2D eigenvalue weighted by Gasteiger charge is -2.32. The summed E-state index contributed by atoms with van der Waals surface area (Å²) in [6, 6.07) is 20.6. The number of carbonyl (C=O) groups is 2. The summed E-state index contributed by atoms with van der Waals surface area (Å²) in [4.78, 5) is 28.5. The van der Waals surface area contributed by atoms with E-state index in [4.69, 9.17) is 4.74 Å². The standard InChI is InChI=1S/C30H35FN2O3/c1-5-23(4)32-30(35)28(18-24-11-7-6-8-12-24)33(19-25-13-9-10-14-27(25)31)29(34)20-36-26-16-15-21(2)22(3)17-26/h6-17,23,28H,5,18-20H2,1-4H3,(H,32,35). The van der Waals surface area contributed by atoms with Crippen molar-refractivity contribution in [3.05, 3.63) is 101 Å². The van der Waals surface area contributed by atoms with Crippen molar-refractivity contribution in [3.8, 4) is 5.75 Å². The Balaban J connectivity index is 1.92. The molecule has 0 aliphatic heterocycles. The first kappa shape index (κ1) is 26.9. The van der Waals surface area contributed by atoms with Crippen molar-refractivity contribution >= 4 is 11.8 Å². The minimum Gasteiger partial charge on any atom is -0.484 e. The van der Waals surface area contributed by atoms with E-state index in [1.54, 1.807) is 18.2 Å². The number of hydrogen-bond donors (Lipinski definition) is 1. The largest absolute Gasteiger partial charge is 0.484 e. The van der Waals surface area contributed by atoms with Gasteiger partial charge in [-0.2, -0.15) is 0 Å². The van der Waals surface area contributed by atoms with Crippen LogP contribution in [0.15, 0.2) is 72.8 Å². The van der Waals surface area contributed by atoms with E-state index >= 15 is 0 Å². The molecule has 2 amide bonds. The number of benzene rings is 3. The highest BCUT2D eigenvalue weighted by atomic mass is 19.1. The Bertz CT molecular complexity index is 1170. The van der Waals surface area contributed by atoms with Crippen LogP contribution in [-0.2, 0) is 22.6 Å². The maximum Gasteiger partial charge on any atom is 0.261 e. The fourth-order valence-electron chi connectivity index (χ4n) is 3.84. The summed E-state index contributed by atoms with van der Waals surface area (Å²) in [6.07, 6.45) is 1.05. The van der Waals surface area contributed by atoms with Crippen molar-refractivity contribution < 1.29 is 18.7 Å². The Morgan fingerprint density at radius 3 is 2.33 bits per heavy atom. The van der Waals surface area contributed by atoms with Crippen molar-refractivity contribution in [3.63, 3.8) is 0 Å². The van der Waals surface area contributed by atoms with E-state index in [9.17, 15) is 14.0 Å². The summed E-state index contributed by atoms with van der Waals surface area (Å²) in [6.45, 7) is 7.57. The first-order valence-electron chi connectivity index (χ1n) is 12.4. The van der Waals surface area contributed by atoms with Crippen LogP contribution >= 0.6 is 0 Å². The number of hydrogen-bond acceptors (Lipinski definition) is 3. The molecule has 2 unspecified atom stereocenters. The molecule has 0 bridgehead atoms. The molecule has 0 aromatic heterocycles. The number of halogens is 1. The lowest BCUT2D eigenvalue weighted by atomic mass is 10.0. The number of rotatable bonds is 11. The second-order valence-electron chi connectivity index (χ2n) is 9.17. The minimum atomic E-state index is -0.836. The summed E-state index contributed by atoms with van der Waals surface area (Å²) in [7, 11) is 0. The van der Waals surface area contributed by atoms with Gasteiger partial charge in [-0.1, -0.05) is 61.5 Å². The number of carbonyl (C=O) groups excluding carboxylic acids is 2. The number of nitrogens with one attached hydrogen (secondary N) is 1. The van der Waals surface area contributed by atoms with Gasteiger partial charge in [-0.3, -0.25) is 9.59 Å². The van der Waals surface area contributed by atoms with Gasteiger partial charge in [0.2, 0.25) is 5.91 Å². The predicted octanol–water partition coefficient (Wildman–Crippen LogP) is 5.38. The van der Waals surface area contributed by atoms with Gasteiger partial charge in [0.05, 0.1) is 0 Å². The van der Waals surface area contributed by atoms with Crippen LogP contribution in [0.2, 0.25) is 0 Å². The van der Waals surface area contributed by atoms with E-state index in [1.165, 1.54) is 11.0 Å². The Labute approximate surface area is 213 Å². The SMILES string of the molecule is CCC(C)NC(=O)C(Cc1ccccc1)N(Cc1ccccc1F)C(=O)COc1ccc(C)c(C)c1. The third kappa shape index (κ3) is 7.41. The van der Waals surface area contributed by atoms with E-state index in [-0.39, 0.29) is 25.1 Å². The van der Waals surface area contributed by atoms with Gasteiger partial charge in [-0.05, 0) is 62.1 Å². The highest BCUT2D eigenvalue weighted by Gasteiger charge is 2.31. The molecule has 0 aliphatic rings. The van der Waals surface area contributed by atoms with E-state index in [2.05, 4.69) is 5.32 Å². The normalized spacial score (nSPS) is 12.5. The van der Waals surface area contributed by atoms with E-state index in [0.29, 0.717) is 17.7 Å². The molecule has 0 fully saturated rings. The maximum atomic E-state index is 14.6. The molecule has 0 aliphatic carbocycles. The van der Waals surface area contributed by atoms with E-state index in [0.717, 1.165) is 23.1 Å². The zero-order chi connectivity index (χ0) is 26.1. The zero-order valence-electron chi connectivity index (χ0n) is 21.5. The van der Waals surface area contributed by atoms with Crippen LogP contribution in [0.5, 0.6) is 5.75 Å². The second kappa shape index (κ2) is 12.9. The first-order valence-corrected chi connectivity index (χ1v) is 12.4. The maximum absolute atomic E-state index is 14.6. The topological polar surface area (TPSA) is 58.6 Å². The summed E-state index contributed by atoms with van der Waals surface area (Å²) in [5.74, 6) is -0.520. The van der Waals surface area contributed by atoms with Crippen LogP contribution in [0.1, 0.15) is 42.5 Å². The molecular formula is C30H35FN2O3. The van der Waals surface area contributed by atoms with Gasteiger partial charge in [0.15, 0.2) is 6.61 Å². The van der Waals surface area contributed by atoms with Gasteiger partial charge >= 0.3 is 0 Å². The summed E-state index contributed by atoms with van der Waals surface area (Å²) in [5.41, 5.74) is 3.42. The number of amides is 2. The minimum absolute atomic E-state index is 0.0484. The molecule has 36 heavy (non-hydrogen) atoms. The Kier molecular flexibility index (Phi) is 9.62. The number of nitrogens with zero attached hydrogens (tertiary/aromatic N) is 1. The highest BCUT2D eigenvalue weighted by molar-refractivity contribution is 5.88. The second-order valence-corrected chi connectivity index (χ2v) is 9.17. The molecule has 0 spiro atoms. The summed E-state index contributed by atoms with van der Waals surface area (Å²) < 4.78 is 20.5. The summed E-state index contributed by atoms with van der Waals surface area (Å²) >= 11 is 0. The first-order chi connectivity index (χ1) is 17.3. The molecule has 0 saturated heterocycles. The zero-order valence-corrected chi connectivity index (χ0v) is 21.5. The molecule has 6 heteroatoms. The number of ether oxygens (including phenoxy) is 1. The third-order valence-corrected chi connectivity index (χ3v) is 6.41. The Hall–Kier alpha value is -3.67. The van der Waals surface area contributed by atoms with Crippen LogP contribution in [-0.4, -0.2) is 35.4 Å². The average Bonchev–Trinajstić information content (AvgIpc) is 2.88. The van der Waals surface area contributed by atoms with Gasteiger partial charge < -0.3 is 15.0 Å². The van der Waals surface area contributed by atoms with Crippen molar-refractivity contribution in [1.29, 1.82) is 0 Å². The predicted molar refractivity (Wildman–Crippen MR) is 140 cm³/mol. The molecule has 190 valence electrons. The molecule has 5 nitrogen and oxygen atoms in total. The molecule has 0 radical (unpaired) electrons. The molecular weight excluding hydrogens is 455 g/mol. The van der Waals surface area contributed by atoms with Gasteiger partial charge in [0.25, 0.3) is 5.91 Å². The quantitative estimate of drug-likeness (QED) is 0.393. The Morgan fingerprint density at radius 1 is 0.972 bits per heavy atom. The lowest BCUT2D eigenvalue weighted by molar-refractivity contribution is -0.143. The molecule has 3 aromatic carbocycles. The van der Waals surface area contributed by atoms with Crippen LogP contribution in [0.25, 0.3) is 0 Å². The van der Waals surface area contributed by atoms with Gasteiger partial charge in [-0.25, -0.2) is 4.39 Å². The molecule has 0 heterocycles. The van der Waals surface area contributed by atoms with E-state index < -0.39 is 17.8 Å². The average molecular weight is 491 g/mol. The van der Waals surface area contributed by atoms with Crippen LogP contribution in [0.4, 0.5) is 4.39 Å². The summed E-state index contributed by atoms with van der Waals surface area (Å²) in [5, 5.41) is 3.01. The van der Waals surface area contributed by atoms with Gasteiger partial charge in [-0.15, -0.1) is 0 Å². The third-order valence-electron chi connectivity index (χ3n) is 6.41. The lowest BCUT2D eigenvalue weighted by Crippen LogP contribution is -2.53. The monoisotopic (exact) mass is 490 g/mol. The highest BCUT2D eigenvalue weighted by Crippen LogP contribution is 2.19. The van der Waals surface area contributed by atoms with Crippen LogP contribution in [0.3, 0.4) is 0 Å². The van der Waals surface area contributed by atoms with Crippen LogP contribution in [0, 0.1) is 19.7 Å². The van der Waals surface area contributed by atoms with Gasteiger partial charge in [0, 0.05) is 24.6 Å². The Morgan fingerprint density at radius 2 is 1.67 bits per heavy atom. The van der Waals surface area contributed by atoms with Gasteiger partial charge in [0.1, 0.15) is 17.6 Å². The van der Waals surface area contributed by atoms with Crippen molar-refractivity contribution in [2.24, 2.45) is 0 Å². The smallest absolute Gasteiger partial charge is 0.261 e. The van der Waals surface area contributed by atoms with Crippen molar-refractivity contribution in [2.45, 2.75) is 59.2 Å². The van der Waals surface area contributed by atoms with E-state index in [1.807, 2.05) is 76.2 Å². The van der Waals surface area contributed by atoms with Crippen molar-refractivity contribution in [1.82, 2.24) is 10.2 Å². The molecule has 2 atom stereocenters. The fourth-order valence-corrected chi connectivity index (χ4v) is 3.84.